The molecule has 0 aromatic heterocycles. The Hall–Kier alpha value is 0.297. The van der Waals surface area contributed by atoms with Gasteiger partial charge in [-0.1, -0.05) is 0 Å². The first-order valence-corrected chi connectivity index (χ1v) is 1.57. The third-order valence-electron chi connectivity index (χ3n) is 0. The van der Waals surface area contributed by atoms with Crippen molar-refractivity contribution in [2.24, 2.45) is 0 Å². The minimum absolute atomic E-state index is 0. The molecule has 11 nitrogen and oxygen atoms in total. The van der Waals surface area contributed by atoms with Gasteiger partial charge < -0.3 is 53.3 Å². The van der Waals surface area contributed by atoms with E-state index in [-0.39, 0.29) is 81.2 Å². The molecule has 0 atom stereocenters. The van der Waals surface area contributed by atoms with E-state index in [1.54, 1.807) is 6.92 Å². The molecule has 96 valence electrons. The minimum atomic E-state index is -1.75. The first-order chi connectivity index (χ1) is 3.15. The predicted molar refractivity (Wildman–Crippen MR) is 44.8 cm³/mol. The van der Waals surface area contributed by atoms with Crippen LogP contribution < -0.4 is 0 Å². The van der Waals surface area contributed by atoms with Crippen molar-refractivity contribution < 1.29 is 84.8 Å². The molecule has 0 saturated heterocycles. The number of rotatable bonds is 0. The van der Waals surface area contributed by atoms with E-state index in [2.05, 4.69) is 0 Å². The zero-order valence-electron chi connectivity index (χ0n) is 7.33. The summed E-state index contributed by atoms with van der Waals surface area (Å²) in [5.74, 6) is 0. The molecular formula is C2H18CeNO10-. The molecule has 0 aromatic rings. The maximum atomic E-state index is 8.25. The first-order valence-electron chi connectivity index (χ1n) is 1.57. The molecule has 0 heterocycles. The Kier molecular flexibility index (Phi) is 701. The molecule has 0 aliphatic heterocycles. The number of hydrogen-bond donors (Lipinski definition) is 1. The van der Waals surface area contributed by atoms with Crippen molar-refractivity contribution in [3.63, 3.8) is 0 Å². The molecule has 0 fully saturated rings. The van der Waals surface area contributed by atoms with Crippen LogP contribution in [0.4, 0.5) is 0 Å². The Bertz CT molecular complexity index is 49.4. The largest absolute Gasteiger partial charge is 0.412 e. The van der Waals surface area contributed by atoms with Gasteiger partial charge in [0.05, 0.1) is 5.09 Å². The number of aliphatic hydroxyl groups is 1. The van der Waals surface area contributed by atoms with Gasteiger partial charge in [0.15, 0.2) is 0 Å². The Morgan fingerprint density at radius 3 is 1.00 bits per heavy atom. The average molecular weight is 356 g/mol. The molecule has 0 saturated carbocycles. The topological polar surface area (TPSA) is 275 Å². The van der Waals surface area contributed by atoms with Crippen LogP contribution in [-0.2, 0) is 0 Å². The summed E-state index contributed by atoms with van der Waals surface area (Å²) >= 11 is 0. The average Bonchev–Trinajstić information content (AvgIpc) is 1.33. The first kappa shape index (κ1) is 90.1. The molecule has 14 heavy (non-hydrogen) atoms. The summed E-state index contributed by atoms with van der Waals surface area (Å²) in [6.45, 7) is 1.93. The molecule has 0 rings (SSSR count). The van der Waals surface area contributed by atoms with E-state index >= 15 is 0 Å². The minimum Gasteiger partial charge on any atom is -0.412 e. The van der Waals surface area contributed by atoms with Crippen LogP contribution in [0.5, 0.6) is 0 Å². The second-order valence-corrected chi connectivity index (χ2v) is 0.540. The molecule has 0 aromatic carbocycles. The van der Waals surface area contributed by atoms with Crippen molar-refractivity contribution in [1.82, 2.24) is 0 Å². The smallest absolute Gasteiger partial charge is 0.0689 e. The maximum Gasteiger partial charge on any atom is 0.0689 e. The van der Waals surface area contributed by atoms with Crippen LogP contribution >= 0.6 is 0 Å². The van der Waals surface area contributed by atoms with Gasteiger partial charge >= 0.3 is 0 Å². The van der Waals surface area contributed by atoms with Crippen LogP contribution in [0, 0.1) is 57.1 Å². The van der Waals surface area contributed by atoms with E-state index in [4.69, 9.17) is 20.4 Å². The normalized spacial score (nSPS) is 3.00. The molecule has 0 spiro atoms. The Morgan fingerprint density at radius 1 is 1.00 bits per heavy atom. The van der Waals surface area contributed by atoms with Gasteiger partial charge in [-0.2, -0.15) is 0 Å². The SMILES string of the molecule is CCO.O.O.O.O.O.O.O=[N+]([O-])[O-].[Ce]. The van der Waals surface area contributed by atoms with Crippen molar-refractivity contribution in [2.75, 3.05) is 6.61 Å². The molecule has 12 heteroatoms. The fraction of sp³-hybridized carbons (Fsp3) is 1.00. The van der Waals surface area contributed by atoms with Crippen LogP contribution in [0.15, 0.2) is 0 Å². The van der Waals surface area contributed by atoms with Gasteiger partial charge in [0.25, 0.3) is 0 Å². The molecule has 0 bridgehead atoms. The summed E-state index contributed by atoms with van der Waals surface area (Å²) in [4.78, 5) is 8.25. The quantitative estimate of drug-likeness (QED) is 0.328. The number of hydrogen-bond acceptors (Lipinski definition) is 4. The van der Waals surface area contributed by atoms with Crippen molar-refractivity contribution in [3.05, 3.63) is 15.3 Å². The van der Waals surface area contributed by atoms with E-state index in [0.29, 0.717) is 0 Å². The van der Waals surface area contributed by atoms with Crippen molar-refractivity contribution >= 4 is 0 Å². The number of nitrogens with zero attached hydrogens (tertiary/aromatic N) is 1. The van der Waals surface area contributed by atoms with Crippen molar-refractivity contribution in [2.45, 2.75) is 6.92 Å². The Morgan fingerprint density at radius 2 is 1.00 bits per heavy atom. The molecule has 13 N–H and O–H groups in total. The fourth-order valence-corrected chi connectivity index (χ4v) is 0. The van der Waals surface area contributed by atoms with Gasteiger partial charge in [-0.3, -0.25) is 0 Å². The van der Waals surface area contributed by atoms with E-state index in [0.717, 1.165) is 0 Å². The van der Waals surface area contributed by atoms with Crippen LogP contribution in [0.25, 0.3) is 0 Å². The van der Waals surface area contributed by atoms with Gasteiger partial charge in [-0.15, -0.1) is 0 Å². The Labute approximate surface area is 113 Å². The van der Waals surface area contributed by atoms with Crippen LogP contribution in [0.3, 0.4) is 0 Å². The zero-order chi connectivity index (χ0) is 6.28. The van der Waals surface area contributed by atoms with Crippen molar-refractivity contribution in [3.8, 4) is 0 Å². The molecular weight excluding hydrogens is 338 g/mol. The van der Waals surface area contributed by atoms with Gasteiger partial charge in [0, 0.05) is 48.4 Å². The van der Waals surface area contributed by atoms with Gasteiger partial charge in [0.1, 0.15) is 0 Å². The second kappa shape index (κ2) is 109. The molecule has 0 unspecified atom stereocenters. The zero-order valence-corrected chi connectivity index (χ0v) is 10.5. The summed E-state index contributed by atoms with van der Waals surface area (Å²) in [5, 5.41) is 22.3. The Balaban J connectivity index is -0.00000000344. The standard InChI is InChI=1S/C2H6O.Ce.NO3.6H2O/c1-2-3;;2-1(3)4;;;;;;/h3H,2H2,1H3;;;6*1H2/q;;-1;;;;;;. The van der Waals surface area contributed by atoms with Gasteiger partial charge in [0.2, 0.25) is 0 Å². The van der Waals surface area contributed by atoms with Gasteiger partial charge in [-0.25, -0.2) is 0 Å². The third kappa shape index (κ3) is 17800. The molecule has 0 radical (unpaired) electrons. The number of aliphatic hydroxyl groups excluding tert-OH is 1. The molecule has 0 aliphatic rings. The summed E-state index contributed by atoms with van der Waals surface area (Å²) < 4.78 is 0. The van der Waals surface area contributed by atoms with Crippen LogP contribution in [-0.4, -0.2) is 49.7 Å². The van der Waals surface area contributed by atoms with Crippen molar-refractivity contribution in [1.29, 1.82) is 0 Å². The summed E-state index contributed by atoms with van der Waals surface area (Å²) in [7, 11) is 0. The van der Waals surface area contributed by atoms with E-state index in [1.165, 1.54) is 0 Å². The van der Waals surface area contributed by atoms with E-state index in [9.17, 15) is 0 Å². The van der Waals surface area contributed by atoms with Crippen LogP contribution in [0.2, 0.25) is 0 Å². The van der Waals surface area contributed by atoms with Crippen LogP contribution in [0.1, 0.15) is 6.92 Å². The van der Waals surface area contributed by atoms with E-state index in [1.807, 2.05) is 0 Å². The van der Waals surface area contributed by atoms with Gasteiger partial charge in [-0.05, 0) is 6.92 Å². The second-order valence-electron chi connectivity index (χ2n) is 0.540. The third-order valence-corrected chi connectivity index (χ3v) is 0. The predicted octanol–water partition coefficient (Wildman–Crippen LogP) is -5.19. The summed E-state index contributed by atoms with van der Waals surface area (Å²) in [5.41, 5.74) is 0. The summed E-state index contributed by atoms with van der Waals surface area (Å²) in [6.07, 6.45) is 0. The monoisotopic (exact) mass is 356 g/mol. The molecule has 0 aliphatic carbocycles. The molecule has 0 amide bonds. The summed E-state index contributed by atoms with van der Waals surface area (Å²) in [6, 6.07) is 0. The fourth-order valence-electron chi connectivity index (χ4n) is 0. The maximum absolute atomic E-state index is 8.25. The van der Waals surface area contributed by atoms with E-state index < -0.39 is 5.09 Å².